The molecule has 0 saturated carbocycles. The van der Waals surface area contributed by atoms with Gasteiger partial charge in [0.25, 0.3) is 11.9 Å². The molecule has 1 fully saturated rings. The maximum Gasteiger partial charge on any atom is 0.291 e. The summed E-state index contributed by atoms with van der Waals surface area (Å²) in [6, 6.07) is 4.77. The molecule has 1 heterocycles. The van der Waals surface area contributed by atoms with Gasteiger partial charge < -0.3 is 14.2 Å². The third-order valence-electron chi connectivity index (χ3n) is 3.39. The lowest BCUT2D eigenvalue weighted by Gasteiger charge is -2.12. The minimum absolute atomic E-state index is 0.0629. The number of rotatable bonds is 6. The molecule has 8 heteroatoms. The molecule has 0 spiro atoms. The Bertz CT molecular complexity index is 589. The third kappa shape index (κ3) is 5.94. The van der Waals surface area contributed by atoms with Gasteiger partial charge in [-0.15, -0.1) is 0 Å². The van der Waals surface area contributed by atoms with Crippen LogP contribution < -0.4 is 5.32 Å². The van der Waals surface area contributed by atoms with Gasteiger partial charge in [-0.2, -0.15) is 0 Å². The second kappa shape index (κ2) is 9.84. The number of benzene rings is 1. The van der Waals surface area contributed by atoms with Gasteiger partial charge in [-0.3, -0.25) is 10.1 Å². The molecule has 1 N–H and O–H groups in total. The maximum absolute atomic E-state index is 12.3. The maximum atomic E-state index is 12.3. The summed E-state index contributed by atoms with van der Waals surface area (Å²) in [7, 11) is 1.57. The van der Waals surface area contributed by atoms with E-state index in [1.807, 2.05) is 0 Å². The zero-order chi connectivity index (χ0) is 17.4. The van der Waals surface area contributed by atoms with Crippen molar-refractivity contribution >= 4 is 35.1 Å². The lowest BCUT2D eigenvalue weighted by atomic mass is 10.2. The lowest BCUT2D eigenvalue weighted by Crippen LogP contribution is -2.34. The fourth-order valence-corrected chi connectivity index (χ4v) is 2.42. The molecule has 1 aliphatic heterocycles. The van der Waals surface area contributed by atoms with Gasteiger partial charge in [0, 0.05) is 19.3 Å². The zero-order valence-corrected chi connectivity index (χ0v) is 14.9. The summed E-state index contributed by atoms with van der Waals surface area (Å²) in [4.78, 5) is 16.6. The van der Waals surface area contributed by atoms with Crippen molar-refractivity contribution in [2.75, 3.05) is 33.5 Å². The molecule has 2 rings (SSSR count). The van der Waals surface area contributed by atoms with Crippen molar-refractivity contribution in [3.05, 3.63) is 33.8 Å². The molecule has 0 radical (unpaired) electrons. The molecule has 1 aromatic rings. The molecule has 6 nitrogen and oxygen atoms in total. The van der Waals surface area contributed by atoms with E-state index in [4.69, 9.17) is 37.4 Å². The lowest BCUT2D eigenvalue weighted by molar-refractivity contribution is 0.0949. The van der Waals surface area contributed by atoms with Crippen LogP contribution in [0.1, 0.15) is 23.2 Å². The van der Waals surface area contributed by atoms with E-state index < -0.39 is 0 Å². The summed E-state index contributed by atoms with van der Waals surface area (Å²) in [5, 5.41) is 3.33. The third-order valence-corrected chi connectivity index (χ3v) is 4.13. The van der Waals surface area contributed by atoms with Crippen LogP contribution in [0.15, 0.2) is 23.2 Å². The number of carbonyl (C=O) groups is 1. The Morgan fingerprint density at radius 2 is 2.21 bits per heavy atom. The molecule has 1 aliphatic rings. The van der Waals surface area contributed by atoms with E-state index in [9.17, 15) is 4.79 Å². The number of amides is 1. The van der Waals surface area contributed by atoms with Gasteiger partial charge in [0.05, 0.1) is 29.3 Å². The number of aliphatic imine (C=N–C) groups is 1. The minimum atomic E-state index is -0.378. The summed E-state index contributed by atoms with van der Waals surface area (Å²) < 4.78 is 15.9. The standard InChI is InChI=1S/C16H20Cl2N2O4/c1-22-7-8-24-16(19-10-12-3-2-6-23-12)20-15(21)11-4-5-13(17)14(18)9-11/h4-5,9,12H,2-3,6-8,10H2,1H3,(H,19,20,21)/t12-/m1/s1. The first-order valence-corrected chi connectivity index (χ1v) is 8.40. The first kappa shape index (κ1) is 19.0. The van der Waals surface area contributed by atoms with Crippen molar-refractivity contribution in [1.29, 1.82) is 0 Å². The highest BCUT2D eigenvalue weighted by molar-refractivity contribution is 6.42. The molecule has 1 aromatic carbocycles. The number of amidine groups is 1. The van der Waals surface area contributed by atoms with Crippen LogP contribution in [0.4, 0.5) is 0 Å². The van der Waals surface area contributed by atoms with Crippen LogP contribution in [0.2, 0.25) is 10.0 Å². The highest BCUT2D eigenvalue weighted by Crippen LogP contribution is 2.22. The molecule has 1 atom stereocenters. The molecule has 0 unspecified atom stereocenters. The molecular weight excluding hydrogens is 355 g/mol. The Morgan fingerprint density at radius 1 is 1.38 bits per heavy atom. The molecule has 1 amide bonds. The van der Waals surface area contributed by atoms with Crippen LogP contribution in [0, 0.1) is 0 Å². The molecule has 0 aromatic heterocycles. The predicted molar refractivity (Wildman–Crippen MR) is 93.0 cm³/mol. The van der Waals surface area contributed by atoms with Crippen LogP contribution in [0.3, 0.4) is 0 Å². The van der Waals surface area contributed by atoms with E-state index in [0.29, 0.717) is 28.8 Å². The normalized spacial score (nSPS) is 17.8. The van der Waals surface area contributed by atoms with Gasteiger partial charge in [0.15, 0.2) is 0 Å². The number of carbonyl (C=O) groups excluding carboxylic acids is 1. The second-order valence-corrected chi connectivity index (χ2v) is 6.02. The molecule has 1 saturated heterocycles. The summed E-state index contributed by atoms with van der Waals surface area (Å²) in [6.45, 7) is 1.85. The number of hydrogen-bond donors (Lipinski definition) is 1. The Kier molecular flexibility index (Phi) is 7.78. The number of hydrogen-bond acceptors (Lipinski definition) is 5. The average Bonchev–Trinajstić information content (AvgIpc) is 3.08. The first-order valence-electron chi connectivity index (χ1n) is 7.64. The molecule has 0 bridgehead atoms. The molecular formula is C16H20Cl2N2O4. The van der Waals surface area contributed by atoms with Crippen LogP contribution in [-0.2, 0) is 14.2 Å². The molecule has 0 aliphatic carbocycles. The second-order valence-electron chi connectivity index (χ2n) is 5.21. The van der Waals surface area contributed by atoms with Crippen molar-refractivity contribution in [2.45, 2.75) is 18.9 Å². The quantitative estimate of drug-likeness (QED) is 0.472. The van der Waals surface area contributed by atoms with Crippen molar-refractivity contribution < 1.29 is 19.0 Å². The first-order chi connectivity index (χ1) is 11.6. The largest absolute Gasteiger partial charge is 0.463 e. The topological polar surface area (TPSA) is 69.2 Å². The summed E-state index contributed by atoms with van der Waals surface area (Å²) in [5.41, 5.74) is 0.365. The number of nitrogens with zero attached hydrogens (tertiary/aromatic N) is 1. The highest BCUT2D eigenvalue weighted by Gasteiger charge is 2.17. The summed E-state index contributed by atoms with van der Waals surface area (Å²) in [5.74, 6) is -0.378. The SMILES string of the molecule is COCCOC(=NC[C@H]1CCCO1)NC(=O)c1ccc(Cl)c(Cl)c1. The number of methoxy groups -OCH3 is 1. The smallest absolute Gasteiger partial charge is 0.291 e. The van der Waals surface area contributed by atoms with Crippen molar-refractivity contribution in [2.24, 2.45) is 4.99 Å². The van der Waals surface area contributed by atoms with Gasteiger partial charge in [-0.25, -0.2) is 4.99 Å². The Labute approximate surface area is 151 Å². The van der Waals surface area contributed by atoms with Gasteiger partial charge in [-0.05, 0) is 31.0 Å². The Morgan fingerprint density at radius 3 is 2.88 bits per heavy atom. The Hall–Kier alpha value is -1.34. The van der Waals surface area contributed by atoms with Crippen LogP contribution in [0.5, 0.6) is 0 Å². The van der Waals surface area contributed by atoms with Gasteiger partial charge in [0.2, 0.25) is 0 Å². The number of halogens is 2. The Balaban J connectivity index is 2.00. The van der Waals surface area contributed by atoms with E-state index in [1.54, 1.807) is 19.2 Å². The van der Waals surface area contributed by atoms with Gasteiger partial charge >= 0.3 is 0 Å². The average molecular weight is 375 g/mol. The summed E-state index contributed by atoms with van der Waals surface area (Å²) >= 11 is 11.8. The minimum Gasteiger partial charge on any atom is -0.463 e. The molecule has 24 heavy (non-hydrogen) atoms. The van der Waals surface area contributed by atoms with E-state index in [0.717, 1.165) is 19.4 Å². The fraction of sp³-hybridized carbons (Fsp3) is 0.500. The van der Waals surface area contributed by atoms with Crippen LogP contribution >= 0.6 is 23.2 Å². The summed E-state index contributed by atoms with van der Waals surface area (Å²) in [6.07, 6.45) is 2.04. The van der Waals surface area contributed by atoms with E-state index in [-0.39, 0.29) is 24.6 Å². The van der Waals surface area contributed by atoms with Crippen molar-refractivity contribution in [3.8, 4) is 0 Å². The predicted octanol–water partition coefficient (Wildman–Crippen LogP) is 2.92. The van der Waals surface area contributed by atoms with Crippen molar-refractivity contribution in [3.63, 3.8) is 0 Å². The van der Waals surface area contributed by atoms with E-state index >= 15 is 0 Å². The van der Waals surface area contributed by atoms with Crippen LogP contribution in [0.25, 0.3) is 0 Å². The zero-order valence-electron chi connectivity index (χ0n) is 13.4. The monoisotopic (exact) mass is 374 g/mol. The van der Waals surface area contributed by atoms with Crippen molar-refractivity contribution in [1.82, 2.24) is 5.32 Å². The van der Waals surface area contributed by atoms with E-state index in [1.165, 1.54) is 6.07 Å². The van der Waals surface area contributed by atoms with Crippen LogP contribution in [-0.4, -0.2) is 51.5 Å². The van der Waals surface area contributed by atoms with Gasteiger partial charge in [-0.1, -0.05) is 23.2 Å². The molecule has 132 valence electrons. The fourth-order valence-electron chi connectivity index (χ4n) is 2.12. The van der Waals surface area contributed by atoms with Gasteiger partial charge in [0.1, 0.15) is 6.61 Å². The van der Waals surface area contributed by atoms with E-state index in [2.05, 4.69) is 10.3 Å². The number of ether oxygens (including phenoxy) is 3. The highest BCUT2D eigenvalue weighted by atomic mass is 35.5. The number of nitrogens with one attached hydrogen (secondary N) is 1.